The van der Waals surface area contributed by atoms with Crippen LogP contribution in [0.2, 0.25) is 0 Å². The Labute approximate surface area is 158 Å². The van der Waals surface area contributed by atoms with E-state index >= 15 is 0 Å². The van der Waals surface area contributed by atoms with Gasteiger partial charge in [0.1, 0.15) is 17.8 Å². The van der Waals surface area contributed by atoms with Crippen LogP contribution in [0.3, 0.4) is 0 Å². The Kier molecular flexibility index (Phi) is 4.05. The van der Waals surface area contributed by atoms with Crippen LogP contribution in [0.5, 0.6) is 0 Å². The summed E-state index contributed by atoms with van der Waals surface area (Å²) in [5, 5.41) is 3.55. The maximum atomic E-state index is 4.90. The van der Waals surface area contributed by atoms with Crippen molar-refractivity contribution in [3.05, 3.63) is 77.9 Å². The average molecular weight is 355 g/mol. The highest BCUT2D eigenvalue weighted by atomic mass is 15.1. The van der Waals surface area contributed by atoms with Crippen molar-refractivity contribution in [2.75, 3.05) is 5.32 Å². The second-order valence-electron chi connectivity index (χ2n) is 6.95. The highest BCUT2D eigenvalue weighted by Crippen LogP contribution is 2.29. The van der Waals surface area contributed by atoms with Crippen molar-refractivity contribution >= 4 is 11.3 Å². The van der Waals surface area contributed by atoms with Crippen molar-refractivity contribution in [3.8, 4) is 11.5 Å². The van der Waals surface area contributed by atoms with Crippen molar-refractivity contribution in [2.24, 2.45) is 0 Å². The predicted molar refractivity (Wildman–Crippen MR) is 107 cm³/mol. The van der Waals surface area contributed by atoms with Crippen LogP contribution in [0, 0.1) is 0 Å². The second kappa shape index (κ2) is 6.83. The number of pyridine rings is 1. The molecule has 0 aliphatic heterocycles. The summed E-state index contributed by atoms with van der Waals surface area (Å²) in [6.07, 6.45) is 8.26. The van der Waals surface area contributed by atoms with E-state index < -0.39 is 0 Å². The molecule has 0 saturated carbocycles. The highest BCUT2D eigenvalue weighted by molar-refractivity contribution is 5.74. The summed E-state index contributed by atoms with van der Waals surface area (Å²) in [6, 6.07) is 16.5. The molecule has 0 unspecified atom stereocenters. The first kappa shape index (κ1) is 16.0. The third-order valence-corrected chi connectivity index (χ3v) is 5.14. The molecule has 1 N–H and O–H groups in total. The van der Waals surface area contributed by atoms with E-state index in [4.69, 9.17) is 9.97 Å². The van der Waals surface area contributed by atoms with Gasteiger partial charge in [0.2, 0.25) is 0 Å². The monoisotopic (exact) mass is 355 g/mol. The molecule has 3 heterocycles. The molecule has 27 heavy (non-hydrogen) atoms. The molecule has 1 aliphatic rings. The highest BCUT2D eigenvalue weighted by Gasteiger charge is 2.20. The lowest BCUT2D eigenvalue weighted by Gasteiger charge is -2.19. The number of hydrogen-bond acceptors (Lipinski definition) is 4. The summed E-state index contributed by atoms with van der Waals surface area (Å²) >= 11 is 0. The molecule has 5 rings (SSSR count). The summed E-state index contributed by atoms with van der Waals surface area (Å²) in [7, 11) is 0. The molecule has 0 spiro atoms. The Balaban J connectivity index is 1.56. The van der Waals surface area contributed by atoms with Gasteiger partial charge in [0.05, 0.1) is 5.52 Å². The average Bonchev–Trinajstić information content (AvgIpc) is 3.17. The summed E-state index contributed by atoms with van der Waals surface area (Å²) in [4.78, 5) is 14.4. The lowest BCUT2D eigenvalue weighted by molar-refractivity contribution is 0.664. The number of benzene rings is 1. The molecule has 5 nitrogen and oxygen atoms in total. The fourth-order valence-corrected chi connectivity index (χ4v) is 3.74. The molecule has 0 atom stereocenters. The van der Waals surface area contributed by atoms with E-state index in [9.17, 15) is 0 Å². The van der Waals surface area contributed by atoms with E-state index in [2.05, 4.69) is 40.6 Å². The van der Waals surface area contributed by atoms with Gasteiger partial charge in [-0.15, -0.1) is 0 Å². The molecule has 0 amide bonds. The minimum Gasteiger partial charge on any atom is -0.366 e. The zero-order valence-corrected chi connectivity index (χ0v) is 15.1. The third-order valence-electron chi connectivity index (χ3n) is 5.14. The van der Waals surface area contributed by atoms with Crippen LogP contribution >= 0.6 is 0 Å². The van der Waals surface area contributed by atoms with Gasteiger partial charge in [-0.2, -0.15) is 0 Å². The Morgan fingerprint density at radius 1 is 0.926 bits per heavy atom. The van der Waals surface area contributed by atoms with Crippen LogP contribution in [0.1, 0.15) is 29.7 Å². The Hall–Kier alpha value is -3.21. The number of rotatable bonds is 4. The van der Waals surface area contributed by atoms with Gasteiger partial charge in [-0.25, -0.2) is 15.0 Å². The van der Waals surface area contributed by atoms with Crippen LogP contribution in [0.15, 0.2) is 61.1 Å². The van der Waals surface area contributed by atoms with E-state index in [-0.39, 0.29) is 0 Å². The molecule has 4 aromatic rings. The Morgan fingerprint density at radius 3 is 2.70 bits per heavy atom. The molecule has 0 saturated heterocycles. The maximum Gasteiger partial charge on any atom is 0.182 e. The van der Waals surface area contributed by atoms with E-state index in [1.165, 1.54) is 29.7 Å². The van der Waals surface area contributed by atoms with Crippen LogP contribution in [0.25, 0.3) is 17.0 Å². The summed E-state index contributed by atoms with van der Waals surface area (Å²) in [6.45, 7) is 0.758. The number of anilines is 1. The number of nitrogens with one attached hydrogen (secondary N) is 1. The van der Waals surface area contributed by atoms with E-state index in [0.29, 0.717) is 5.82 Å². The van der Waals surface area contributed by atoms with Crippen LogP contribution < -0.4 is 5.32 Å². The predicted octanol–water partition coefficient (Wildman–Crippen LogP) is 4.28. The standard InChI is InChI=1S/C22H21N5/c1-2-8-16(9-3-1)14-23-21-17-10-4-5-11-18(17)25-22(26-21)20-19-12-6-7-13-27(19)15-24-20/h1-3,6-9,12-13,15H,4-5,10-11,14H2,(H,23,25,26). The number of nitrogens with zero attached hydrogens (tertiary/aromatic N) is 4. The molecule has 1 aromatic carbocycles. The molecule has 5 heteroatoms. The van der Waals surface area contributed by atoms with Crippen molar-refractivity contribution in [3.63, 3.8) is 0 Å². The molecule has 0 bridgehead atoms. The Morgan fingerprint density at radius 2 is 1.78 bits per heavy atom. The Bertz CT molecular complexity index is 1080. The quantitative estimate of drug-likeness (QED) is 0.593. The largest absolute Gasteiger partial charge is 0.366 e. The zero-order chi connectivity index (χ0) is 18.1. The van der Waals surface area contributed by atoms with Crippen molar-refractivity contribution < 1.29 is 0 Å². The summed E-state index contributed by atoms with van der Waals surface area (Å²) in [5.74, 6) is 1.66. The molecular formula is C22H21N5. The molecule has 3 aromatic heterocycles. The van der Waals surface area contributed by atoms with Gasteiger partial charge in [-0.1, -0.05) is 36.4 Å². The molecule has 0 radical (unpaired) electrons. The lowest BCUT2D eigenvalue weighted by Crippen LogP contribution is -2.13. The summed E-state index contributed by atoms with van der Waals surface area (Å²) in [5.41, 5.74) is 5.55. The lowest BCUT2D eigenvalue weighted by atomic mass is 9.96. The number of imidazole rings is 1. The molecular weight excluding hydrogens is 334 g/mol. The van der Waals surface area contributed by atoms with Gasteiger partial charge >= 0.3 is 0 Å². The van der Waals surface area contributed by atoms with E-state index in [0.717, 1.165) is 36.4 Å². The SMILES string of the molecule is c1ccc(CNc2nc(-c3ncn4ccccc34)nc3c2CCCC3)cc1. The van der Waals surface area contributed by atoms with Crippen molar-refractivity contribution in [2.45, 2.75) is 32.2 Å². The first-order valence-electron chi connectivity index (χ1n) is 9.48. The summed E-state index contributed by atoms with van der Waals surface area (Å²) < 4.78 is 2.01. The maximum absolute atomic E-state index is 4.90. The van der Waals surface area contributed by atoms with Crippen molar-refractivity contribution in [1.82, 2.24) is 19.4 Å². The second-order valence-corrected chi connectivity index (χ2v) is 6.95. The minimum atomic E-state index is 0.708. The molecule has 1 aliphatic carbocycles. The minimum absolute atomic E-state index is 0.708. The zero-order valence-electron chi connectivity index (χ0n) is 15.1. The van der Waals surface area contributed by atoms with E-state index in [1.807, 2.05) is 35.1 Å². The normalized spacial score (nSPS) is 13.5. The van der Waals surface area contributed by atoms with Crippen LogP contribution in [0.4, 0.5) is 5.82 Å². The third kappa shape index (κ3) is 3.05. The first-order chi connectivity index (χ1) is 13.4. The fraction of sp³-hybridized carbons (Fsp3) is 0.227. The van der Waals surface area contributed by atoms with Gasteiger partial charge in [0, 0.05) is 24.0 Å². The van der Waals surface area contributed by atoms with Gasteiger partial charge in [0.15, 0.2) is 5.82 Å². The van der Waals surface area contributed by atoms with Crippen LogP contribution in [-0.2, 0) is 19.4 Å². The van der Waals surface area contributed by atoms with Crippen molar-refractivity contribution in [1.29, 1.82) is 0 Å². The molecule has 134 valence electrons. The van der Waals surface area contributed by atoms with Gasteiger partial charge in [0.25, 0.3) is 0 Å². The number of hydrogen-bond donors (Lipinski definition) is 1. The number of fused-ring (bicyclic) bond motifs is 2. The van der Waals surface area contributed by atoms with Crippen LogP contribution in [-0.4, -0.2) is 19.4 Å². The smallest absolute Gasteiger partial charge is 0.182 e. The van der Waals surface area contributed by atoms with E-state index in [1.54, 1.807) is 0 Å². The fourth-order valence-electron chi connectivity index (χ4n) is 3.74. The van der Waals surface area contributed by atoms with Gasteiger partial charge in [-0.3, -0.25) is 0 Å². The molecule has 0 fully saturated rings. The number of aromatic nitrogens is 4. The first-order valence-corrected chi connectivity index (χ1v) is 9.48. The van der Waals surface area contributed by atoms with Gasteiger partial charge in [-0.05, 0) is 43.4 Å². The topological polar surface area (TPSA) is 55.1 Å². The number of aryl methyl sites for hydroxylation is 1. The van der Waals surface area contributed by atoms with Gasteiger partial charge < -0.3 is 9.72 Å².